The van der Waals surface area contributed by atoms with Crippen molar-refractivity contribution in [2.24, 2.45) is 46.3 Å². The predicted octanol–water partition coefficient (Wildman–Crippen LogP) is 7.34. The molecule has 0 heterocycles. The molecule has 29 heavy (non-hydrogen) atoms. The number of rotatable bonds is 6. The lowest BCUT2D eigenvalue weighted by atomic mass is 9.46. The third-order valence-corrected chi connectivity index (χ3v) is 10.2. The van der Waals surface area contributed by atoms with E-state index in [1.54, 1.807) is 0 Å². The molecule has 4 aliphatic rings. The van der Waals surface area contributed by atoms with Gasteiger partial charge in [-0.15, -0.1) is 0 Å². The van der Waals surface area contributed by atoms with Crippen LogP contribution in [0.15, 0.2) is 11.6 Å². The molecule has 0 spiro atoms. The number of hydrogen-bond donors (Lipinski definition) is 1. The van der Waals surface area contributed by atoms with Crippen molar-refractivity contribution in [3.05, 3.63) is 11.6 Å². The minimum Gasteiger partial charge on any atom is -0.393 e. The lowest BCUT2D eigenvalue weighted by Gasteiger charge is -2.58. The SMILES string of the molecule is CC(C)CCCC(C)[C@H]1CC[C@H]2[C@@H]3CC=C4C[C@@H](O)CC[C@]4(CF)[C@H]3CC[C@]12C. The minimum absolute atomic E-state index is 0.203. The molecule has 0 saturated heterocycles. The molecule has 8 atom stereocenters. The number of fused-ring (bicyclic) bond motifs is 5. The summed E-state index contributed by atoms with van der Waals surface area (Å²) in [5.74, 6) is 4.49. The van der Waals surface area contributed by atoms with Gasteiger partial charge in [-0.2, -0.15) is 0 Å². The largest absolute Gasteiger partial charge is 0.393 e. The molecular weight excluding hydrogens is 359 g/mol. The molecule has 4 rings (SSSR count). The molecule has 0 aliphatic heterocycles. The zero-order chi connectivity index (χ0) is 20.8. The van der Waals surface area contributed by atoms with Crippen LogP contribution in [0.5, 0.6) is 0 Å². The molecule has 2 heteroatoms. The van der Waals surface area contributed by atoms with E-state index in [4.69, 9.17) is 0 Å². The van der Waals surface area contributed by atoms with E-state index < -0.39 is 0 Å². The molecule has 0 radical (unpaired) electrons. The summed E-state index contributed by atoms with van der Waals surface area (Å²) in [6, 6.07) is 0. The first-order valence-corrected chi connectivity index (χ1v) is 12.8. The van der Waals surface area contributed by atoms with Crippen LogP contribution in [0.1, 0.15) is 98.3 Å². The van der Waals surface area contributed by atoms with Crippen LogP contribution in [-0.4, -0.2) is 17.9 Å². The van der Waals surface area contributed by atoms with Crippen LogP contribution >= 0.6 is 0 Å². The lowest BCUT2D eigenvalue weighted by Crippen LogP contribution is -2.52. The van der Waals surface area contributed by atoms with Crippen LogP contribution in [0.2, 0.25) is 0 Å². The average Bonchev–Trinajstić information content (AvgIpc) is 3.04. The van der Waals surface area contributed by atoms with Gasteiger partial charge < -0.3 is 5.11 Å². The van der Waals surface area contributed by atoms with Gasteiger partial charge in [0.25, 0.3) is 0 Å². The zero-order valence-electron chi connectivity index (χ0n) is 19.4. The molecule has 0 amide bonds. The summed E-state index contributed by atoms with van der Waals surface area (Å²) < 4.78 is 14.6. The predicted molar refractivity (Wildman–Crippen MR) is 119 cm³/mol. The average molecular weight is 405 g/mol. The summed E-state index contributed by atoms with van der Waals surface area (Å²) in [7, 11) is 0. The van der Waals surface area contributed by atoms with E-state index >= 15 is 0 Å². The van der Waals surface area contributed by atoms with Crippen molar-refractivity contribution >= 4 is 0 Å². The highest BCUT2D eigenvalue weighted by molar-refractivity contribution is 5.26. The molecule has 4 aliphatic carbocycles. The van der Waals surface area contributed by atoms with Gasteiger partial charge in [-0.05, 0) is 92.3 Å². The molecule has 0 bridgehead atoms. The maximum Gasteiger partial charge on any atom is 0.0990 e. The number of halogens is 1. The fraction of sp³-hybridized carbons (Fsp3) is 0.926. The summed E-state index contributed by atoms with van der Waals surface area (Å²) in [5.41, 5.74) is 1.51. The highest BCUT2D eigenvalue weighted by Gasteiger charge is 2.60. The number of aliphatic hydroxyl groups is 1. The second kappa shape index (κ2) is 8.29. The van der Waals surface area contributed by atoms with Crippen molar-refractivity contribution in [2.75, 3.05) is 6.67 Å². The Bertz CT molecular complexity index is 612. The van der Waals surface area contributed by atoms with Crippen molar-refractivity contribution in [2.45, 2.75) is 104 Å². The van der Waals surface area contributed by atoms with Crippen molar-refractivity contribution < 1.29 is 9.50 Å². The first kappa shape index (κ1) is 21.8. The van der Waals surface area contributed by atoms with Gasteiger partial charge in [0.05, 0.1) is 12.8 Å². The van der Waals surface area contributed by atoms with Crippen LogP contribution in [0, 0.1) is 46.3 Å². The summed E-state index contributed by atoms with van der Waals surface area (Å²) >= 11 is 0. The minimum atomic E-state index is -0.242. The van der Waals surface area contributed by atoms with Crippen LogP contribution in [-0.2, 0) is 0 Å². The molecule has 0 aromatic heterocycles. The number of alkyl halides is 1. The van der Waals surface area contributed by atoms with Gasteiger partial charge in [0.1, 0.15) is 0 Å². The van der Waals surface area contributed by atoms with E-state index in [9.17, 15) is 9.50 Å². The maximum absolute atomic E-state index is 14.6. The highest BCUT2D eigenvalue weighted by atomic mass is 19.1. The van der Waals surface area contributed by atoms with Gasteiger partial charge in [-0.1, -0.05) is 58.6 Å². The number of hydrogen-bond acceptors (Lipinski definition) is 1. The Balaban J connectivity index is 1.51. The number of allylic oxidation sites excluding steroid dienone is 1. The van der Waals surface area contributed by atoms with Gasteiger partial charge in [-0.3, -0.25) is 4.39 Å². The molecule has 0 aromatic rings. The normalized spacial score (nSPS) is 45.3. The van der Waals surface area contributed by atoms with Crippen LogP contribution in [0.3, 0.4) is 0 Å². The van der Waals surface area contributed by atoms with Gasteiger partial charge in [0, 0.05) is 5.41 Å². The van der Waals surface area contributed by atoms with Gasteiger partial charge in [-0.25, -0.2) is 0 Å². The Kier molecular flexibility index (Phi) is 6.24. The first-order valence-electron chi connectivity index (χ1n) is 12.8. The van der Waals surface area contributed by atoms with Crippen molar-refractivity contribution in [1.29, 1.82) is 0 Å². The lowest BCUT2D eigenvalue weighted by molar-refractivity contribution is -0.0700. The van der Waals surface area contributed by atoms with E-state index in [1.807, 2.05) is 0 Å². The Morgan fingerprint density at radius 3 is 2.59 bits per heavy atom. The van der Waals surface area contributed by atoms with Crippen molar-refractivity contribution in [3.8, 4) is 0 Å². The van der Waals surface area contributed by atoms with E-state index in [1.165, 1.54) is 50.5 Å². The van der Waals surface area contributed by atoms with Crippen LogP contribution in [0.25, 0.3) is 0 Å². The third-order valence-electron chi connectivity index (χ3n) is 10.2. The molecule has 0 aromatic carbocycles. The molecule has 3 fully saturated rings. The topological polar surface area (TPSA) is 20.2 Å². The molecule has 166 valence electrons. The van der Waals surface area contributed by atoms with Crippen molar-refractivity contribution in [1.82, 2.24) is 0 Å². The van der Waals surface area contributed by atoms with E-state index in [0.29, 0.717) is 17.3 Å². The standard InChI is InChI=1S/C27H45FO/c1-18(2)6-5-7-19(3)23-10-11-24-22-9-8-20-16-21(29)12-15-27(20,17-28)25(22)13-14-26(23,24)4/h8,18-19,21-25,29H,5-7,9-17H2,1-4H3/t19?,21-,22-,23+,24-,25-,26+,27+/m0/s1. The fourth-order valence-electron chi connectivity index (χ4n) is 8.71. The van der Waals surface area contributed by atoms with Crippen molar-refractivity contribution in [3.63, 3.8) is 0 Å². The Morgan fingerprint density at radius 2 is 1.86 bits per heavy atom. The van der Waals surface area contributed by atoms with E-state index in [2.05, 4.69) is 33.8 Å². The highest BCUT2D eigenvalue weighted by Crippen LogP contribution is 2.67. The molecule has 1 nitrogen and oxygen atoms in total. The molecule has 1 N–H and O–H groups in total. The Morgan fingerprint density at radius 1 is 1.07 bits per heavy atom. The van der Waals surface area contributed by atoms with E-state index in [-0.39, 0.29) is 18.2 Å². The van der Waals surface area contributed by atoms with Gasteiger partial charge >= 0.3 is 0 Å². The fourth-order valence-corrected chi connectivity index (χ4v) is 8.71. The van der Waals surface area contributed by atoms with Gasteiger partial charge in [0.2, 0.25) is 0 Å². The maximum atomic E-state index is 14.6. The smallest absolute Gasteiger partial charge is 0.0990 e. The summed E-state index contributed by atoms with van der Waals surface area (Å²) in [5, 5.41) is 10.2. The third kappa shape index (κ3) is 3.64. The van der Waals surface area contributed by atoms with Gasteiger partial charge in [0.15, 0.2) is 0 Å². The number of aliphatic hydroxyl groups excluding tert-OH is 1. The Hall–Kier alpha value is -0.370. The van der Waals surface area contributed by atoms with Crippen LogP contribution in [0.4, 0.5) is 4.39 Å². The molecule has 3 saturated carbocycles. The Labute approximate surface area is 178 Å². The molecular formula is C27H45FO. The first-order chi connectivity index (χ1) is 13.8. The second-order valence-electron chi connectivity index (χ2n) is 12.1. The monoisotopic (exact) mass is 404 g/mol. The molecule has 1 unspecified atom stereocenters. The zero-order valence-corrected chi connectivity index (χ0v) is 19.4. The van der Waals surface area contributed by atoms with Crippen LogP contribution < -0.4 is 0 Å². The quantitative estimate of drug-likeness (QED) is 0.459. The van der Waals surface area contributed by atoms with E-state index in [0.717, 1.165) is 49.4 Å². The summed E-state index contributed by atoms with van der Waals surface area (Å²) in [4.78, 5) is 0. The summed E-state index contributed by atoms with van der Waals surface area (Å²) in [6.07, 6.45) is 15.1. The second-order valence-corrected chi connectivity index (χ2v) is 12.1. The summed E-state index contributed by atoms with van der Waals surface area (Å²) in [6.45, 7) is 9.61.